The van der Waals surface area contributed by atoms with Crippen LogP contribution in [-0.4, -0.2) is 51.7 Å². The minimum Gasteiger partial charge on any atom is -0.340 e. The molecule has 3 rings (SSSR count). The van der Waals surface area contributed by atoms with Gasteiger partial charge in [0.15, 0.2) is 0 Å². The molecule has 0 bridgehead atoms. The molecule has 6 heteroatoms. The van der Waals surface area contributed by atoms with Gasteiger partial charge in [0, 0.05) is 32.7 Å². The monoisotopic (exact) mass is 388 g/mol. The summed E-state index contributed by atoms with van der Waals surface area (Å²) in [6, 6.07) is 8.51. The number of aromatic nitrogens is 2. The molecule has 5 nitrogen and oxygen atoms in total. The summed E-state index contributed by atoms with van der Waals surface area (Å²) in [5, 5.41) is 5.14. The molecule has 1 aromatic carbocycles. The van der Waals surface area contributed by atoms with Crippen molar-refractivity contribution >= 4 is 17.5 Å². The van der Waals surface area contributed by atoms with Gasteiger partial charge in [0.2, 0.25) is 5.91 Å². The third-order valence-electron chi connectivity index (χ3n) is 5.50. The van der Waals surface area contributed by atoms with Crippen LogP contribution in [0, 0.1) is 26.7 Å². The van der Waals surface area contributed by atoms with E-state index in [1.807, 2.05) is 30.4 Å². The number of carbonyl (C=O) groups excluding carboxylic acids is 1. The number of halogens is 1. The van der Waals surface area contributed by atoms with E-state index in [0.29, 0.717) is 11.6 Å². The second kappa shape index (κ2) is 8.44. The normalized spacial score (nSPS) is 16.6. The first-order valence-corrected chi connectivity index (χ1v) is 9.99. The Morgan fingerprint density at radius 1 is 1.15 bits per heavy atom. The van der Waals surface area contributed by atoms with Gasteiger partial charge in [0.25, 0.3) is 0 Å². The Hall–Kier alpha value is -1.85. The molecule has 1 aromatic heterocycles. The van der Waals surface area contributed by atoms with Crippen LogP contribution in [0.2, 0.25) is 5.02 Å². The van der Waals surface area contributed by atoms with Gasteiger partial charge in [0.05, 0.1) is 28.9 Å². The van der Waals surface area contributed by atoms with Gasteiger partial charge in [-0.2, -0.15) is 5.10 Å². The number of nitrogens with zero attached hydrogens (tertiary/aromatic N) is 4. The minimum atomic E-state index is -0.109. The van der Waals surface area contributed by atoms with Crippen molar-refractivity contribution < 1.29 is 4.79 Å². The average molecular weight is 389 g/mol. The highest BCUT2D eigenvalue weighted by Gasteiger charge is 2.26. The fraction of sp³-hybridized carbons (Fsp3) is 0.524. The largest absolute Gasteiger partial charge is 0.340 e. The molecule has 2 heterocycles. The molecular formula is C21H29ClN4O. The van der Waals surface area contributed by atoms with Crippen LogP contribution in [0.5, 0.6) is 0 Å². The van der Waals surface area contributed by atoms with Crippen molar-refractivity contribution in [3.8, 4) is 0 Å². The van der Waals surface area contributed by atoms with Crippen molar-refractivity contribution in [2.45, 2.75) is 40.8 Å². The maximum atomic E-state index is 12.9. The summed E-state index contributed by atoms with van der Waals surface area (Å²) in [6.45, 7) is 12.9. The molecule has 1 saturated heterocycles. The van der Waals surface area contributed by atoms with E-state index in [9.17, 15) is 4.79 Å². The first-order valence-electron chi connectivity index (χ1n) is 9.62. The number of piperazine rings is 1. The van der Waals surface area contributed by atoms with Crippen LogP contribution in [0.15, 0.2) is 24.3 Å². The Labute approximate surface area is 166 Å². The van der Waals surface area contributed by atoms with E-state index < -0.39 is 0 Å². The van der Waals surface area contributed by atoms with Crippen LogP contribution in [0.3, 0.4) is 0 Å². The number of rotatable bonds is 5. The summed E-state index contributed by atoms with van der Waals surface area (Å²) in [5.41, 5.74) is 4.44. The predicted molar refractivity (Wildman–Crippen MR) is 109 cm³/mol. The maximum Gasteiger partial charge on any atom is 0.227 e. The highest BCUT2D eigenvalue weighted by atomic mass is 35.5. The quantitative estimate of drug-likeness (QED) is 0.787. The van der Waals surface area contributed by atoms with Crippen molar-refractivity contribution in [2.75, 3.05) is 26.2 Å². The number of benzene rings is 1. The summed E-state index contributed by atoms with van der Waals surface area (Å²) < 4.78 is 1.86. The molecule has 1 amide bonds. The molecule has 1 aliphatic heterocycles. The Kier molecular flexibility index (Phi) is 6.22. The smallest absolute Gasteiger partial charge is 0.227 e. The fourth-order valence-electron chi connectivity index (χ4n) is 3.66. The van der Waals surface area contributed by atoms with Crippen molar-refractivity contribution in [1.29, 1.82) is 0 Å². The van der Waals surface area contributed by atoms with Crippen LogP contribution in [-0.2, 0) is 17.9 Å². The van der Waals surface area contributed by atoms with Crippen LogP contribution in [0.1, 0.15) is 29.4 Å². The summed E-state index contributed by atoms with van der Waals surface area (Å²) in [4.78, 5) is 17.3. The van der Waals surface area contributed by atoms with E-state index in [2.05, 4.69) is 41.2 Å². The predicted octanol–water partition coefficient (Wildman–Crippen LogP) is 3.44. The minimum absolute atomic E-state index is 0.109. The molecule has 0 spiro atoms. The lowest BCUT2D eigenvalue weighted by molar-refractivity contribution is -0.137. The number of carbonyl (C=O) groups is 1. The molecule has 0 N–H and O–H groups in total. The maximum absolute atomic E-state index is 12.9. The van der Waals surface area contributed by atoms with Crippen LogP contribution >= 0.6 is 11.6 Å². The summed E-state index contributed by atoms with van der Waals surface area (Å²) in [6.07, 6.45) is 0. The molecule has 0 aliphatic carbocycles. The van der Waals surface area contributed by atoms with Crippen molar-refractivity contribution in [1.82, 2.24) is 19.6 Å². The summed E-state index contributed by atoms with van der Waals surface area (Å²) in [7, 11) is 0. The van der Waals surface area contributed by atoms with Crippen molar-refractivity contribution in [3.05, 3.63) is 51.8 Å². The van der Waals surface area contributed by atoms with E-state index in [0.717, 1.165) is 44.1 Å². The second-order valence-electron chi connectivity index (χ2n) is 7.60. The molecule has 1 aliphatic rings. The van der Waals surface area contributed by atoms with E-state index in [1.165, 1.54) is 11.1 Å². The molecular weight excluding hydrogens is 360 g/mol. The standard InChI is InChI=1S/C21H29ClN4O/c1-15-7-5-6-8-19(15)14-24-9-11-25(12-10-24)21(27)16(2)13-26-18(4)20(22)17(3)23-26/h5-8,16H,9-14H2,1-4H3. The topological polar surface area (TPSA) is 41.4 Å². The van der Waals surface area contributed by atoms with E-state index in [4.69, 9.17) is 11.6 Å². The van der Waals surface area contributed by atoms with Crippen molar-refractivity contribution in [3.63, 3.8) is 0 Å². The zero-order valence-electron chi connectivity index (χ0n) is 16.7. The van der Waals surface area contributed by atoms with Crippen LogP contribution < -0.4 is 0 Å². The molecule has 1 atom stereocenters. The van der Waals surface area contributed by atoms with Crippen LogP contribution in [0.25, 0.3) is 0 Å². The molecule has 0 saturated carbocycles. The highest BCUT2D eigenvalue weighted by molar-refractivity contribution is 6.31. The van der Waals surface area contributed by atoms with Gasteiger partial charge in [-0.05, 0) is 31.9 Å². The summed E-state index contributed by atoms with van der Waals surface area (Å²) in [5.74, 6) is 0.0937. The van der Waals surface area contributed by atoms with E-state index in [-0.39, 0.29) is 11.8 Å². The Balaban J connectivity index is 1.53. The van der Waals surface area contributed by atoms with Crippen LogP contribution in [0.4, 0.5) is 0 Å². The van der Waals surface area contributed by atoms with Gasteiger partial charge < -0.3 is 4.90 Å². The highest BCUT2D eigenvalue weighted by Crippen LogP contribution is 2.20. The lowest BCUT2D eigenvalue weighted by Gasteiger charge is -2.36. The third kappa shape index (κ3) is 4.53. The zero-order chi connectivity index (χ0) is 19.6. The number of amides is 1. The van der Waals surface area contributed by atoms with Gasteiger partial charge in [-0.3, -0.25) is 14.4 Å². The number of aryl methyl sites for hydroxylation is 2. The SMILES string of the molecule is Cc1ccccc1CN1CCN(C(=O)C(C)Cn2nc(C)c(Cl)c2C)CC1. The molecule has 0 radical (unpaired) electrons. The molecule has 1 unspecified atom stereocenters. The third-order valence-corrected chi connectivity index (χ3v) is 6.05. The Bertz CT molecular complexity index is 809. The second-order valence-corrected chi connectivity index (χ2v) is 7.97. The van der Waals surface area contributed by atoms with Crippen molar-refractivity contribution in [2.24, 2.45) is 5.92 Å². The van der Waals surface area contributed by atoms with Gasteiger partial charge >= 0.3 is 0 Å². The lowest BCUT2D eigenvalue weighted by atomic mass is 10.1. The van der Waals surface area contributed by atoms with Gasteiger partial charge in [0.1, 0.15) is 0 Å². The lowest BCUT2D eigenvalue weighted by Crippen LogP contribution is -2.50. The fourth-order valence-corrected chi connectivity index (χ4v) is 3.79. The molecule has 2 aromatic rings. The number of hydrogen-bond donors (Lipinski definition) is 0. The van der Waals surface area contributed by atoms with E-state index >= 15 is 0 Å². The zero-order valence-corrected chi connectivity index (χ0v) is 17.5. The molecule has 146 valence electrons. The van der Waals surface area contributed by atoms with Gasteiger partial charge in [-0.1, -0.05) is 42.8 Å². The first kappa shape index (κ1) is 19.9. The average Bonchev–Trinajstić information content (AvgIpc) is 2.90. The Morgan fingerprint density at radius 3 is 2.41 bits per heavy atom. The molecule has 27 heavy (non-hydrogen) atoms. The molecule has 1 fully saturated rings. The van der Waals surface area contributed by atoms with Gasteiger partial charge in [-0.15, -0.1) is 0 Å². The first-order chi connectivity index (χ1) is 12.9. The number of hydrogen-bond acceptors (Lipinski definition) is 3. The van der Waals surface area contributed by atoms with E-state index in [1.54, 1.807) is 0 Å². The van der Waals surface area contributed by atoms with Gasteiger partial charge in [-0.25, -0.2) is 0 Å². The summed E-state index contributed by atoms with van der Waals surface area (Å²) >= 11 is 6.22. The Morgan fingerprint density at radius 2 is 1.81 bits per heavy atom.